The zero-order valence-corrected chi connectivity index (χ0v) is 15.0. The van der Waals surface area contributed by atoms with Crippen molar-refractivity contribution in [3.8, 4) is 11.1 Å². The van der Waals surface area contributed by atoms with Crippen LogP contribution in [0.3, 0.4) is 0 Å². The SMILES string of the molecule is O=[N+]([O-])c1ccc2c(c1)C(=Cc1ccc(C(F)(F)F)cc1)c1cc([N+](=O)[O-])ccc1-2. The van der Waals surface area contributed by atoms with Crippen LogP contribution in [0.25, 0.3) is 22.8 Å². The predicted molar refractivity (Wildman–Crippen MR) is 104 cm³/mol. The molecule has 4 rings (SSSR count). The van der Waals surface area contributed by atoms with Crippen LogP contribution in [0.2, 0.25) is 0 Å². The molecular weight excluding hydrogens is 401 g/mol. The lowest BCUT2D eigenvalue weighted by Crippen LogP contribution is -2.04. The molecule has 1 aliphatic rings. The van der Waals surface area contributed by atoms with E-state index in [1.165, 1.54) is 36.4 Å². The van der Waals surface area contributed by atoms with E-state index in [1.807, 2.05) is 0 Å². The summed E-state index contributed by atoms with van der Waals surface area (Å²) in [5, 5.41) is 22.4. The summed E-state index contributed by atoms with van der Waals surface area (Å²) in [6.07, 6.45) is -2.91. The first-order valence-electron chi connectivity index (χ1n) is 8.62. The molecule has 0 atom stereocenters. The standard InChI is InChI=1S/C21H11F3N2O4/c22-21(23,24)13-3-1-12(2-4-13)9-18-19-10-14(25(27)28)5-7-16(19)17-8-6-15(26(29)30)11-20(17)18/h1-11H. The molecule has 0 saturated heterocycles. The molecule has 0 aliphatic heterocycles. The van der Waals surface area contributed by atoms with Gasteiger partial charge in [0.15, 0.2) is 0 Å². The zero-order chi connectivity index (χ0) is 21.6. The number of nitro benzene ring substituents is 2. The van der Waals surface area contributed by atoms with Gasteiger partial charge in [0.25, 0.3) is 11.4 Å². The van der Waals surface area contributed by atoms with Gasteiger partial charge in [0.05, 0.1) is 15.4 Å². The summed E-state index contributed by atoms with van der Waals surface area (Å²) in [4.78, 5) is 21.3. The van der Waals surface area contributed by atoms with E-state index < -0.39 is 21.6 Å². The van der Waals surface area contributed by atoms with Gasteiger partial charge in [0.1, 0.15) is 0 Å². The molecule has 150 valence electrons. The highest BCUT2D eigenvalue weighted by atomic mass is 19.4. The highest BCUT2D eigenvalue weighted by molar-refractivity contribution is 6.07. The van der Waals surface area contributed by atoms with E-state index in [2.05, 4.69) is 0 Å². The Hall–Kier alpha value is -4.01. The Morgan fingerprint density at radius 3 is 1.57 bits per heavy atom. The average Bonchev–Trinajstić information content (AvgIpc) is 3.00. The molecule has 0 N–H and O–H groups in total. The summed E-state index contributed by atoms with van der Waals surface area (Å²) >= 11 is 0. The van der Waals surface area contributed by atoms with Crippen LogP contribution in [0.4, 0.5) is 24.5 Å². The normalized spacial score (nSPS) is 12.3. The molecular formula is C21H11F3N2O4. The molecule has 1 aliphatic carbocycles. The largest absolute Gasteiger partial charge is 0.416 e. The van der Waals surface area contributed by atoms with E-state index in [4.69, 9.17) is 0 Å². The number of rotatable bonds is 3. The fourth-order valence-electron chi connectivity index (χ4n) is 3.44. The second kappa shape index (κ2) is 6.80. The highest BCUT2D eigenvalue weighted by Crippen LogP contribution is 2.47. The van der Waals surface area contributed by atoms with Crippen molar-refractivity contribution in [1.82, 2.24) is 0 Å². The van der Waals surface area contributed by atoms with Gasteiger partial charge in [-0.25, -0.2) is 0 Å². The Kier molecular flexibility index (Phi) is 4.38. The van der Waals surface area contributed by atoms with Crippen molar-refractivity contribution >= 4 is 23.0 Å². The molecule has 9 heteroatoms. The second-order valence-electron chi connectivity index (χ2n) is 6.65. The van der Waals surface area contributed by atoms with Crippen LogP contribution < -0.4 is 0 Å². The van der Waals surface area contributed by atoms with Crippen LogP contribution in [0.15, 0.2) is 60.7 Å². The van der Waals surface area contributed by atoms with Gasteiger partial charge in [-0.05, 0) is 63.7 Å². The molecule has 0 fully saturated rings. The van der Waals surface area contributed by atoms with Crippen molar-refractivity contribution in [3.05, 3.63) is 103 Å². The summed E-state index contributed by atoms with van der Waals surface area (Å²) in [6.45, 7) is 0. The van der Waals surface area contributed by atoms with E-state index in [9.17, 15) is 33.4 Å². The molecule has 3 aromatic carbocycles. The minimum Gasteiger partial charge on any atom is -0.258 e. The van der Waals surface area contributed by atoms with Gasteiger partial charge in [0.2, 0.25) is 0 Å². The molecule has 6 nitrogen and oxygen atoms in total. The van der Waals surface area contributed by atoms with Gasteiger partial charge in [-0.2, -0.15) is 13.2 Å². The third kappa shape index (κ3) is 3.30. The van der Waals surface area contributed by atoms with Crippen LogP contribution >= 0.6 is 0 Å². The number of fused-ring (bicyclic) bond motifs is 3. The summed E-state index contributed by atoms with van der Waals surface area (Å²) in [7, 11) is 0. The first kappa shape index (κ1) is 19.3. The number of halogens is 3. The van der Waals surface area contributed by atoms with E-state index in [1.54, 1.807) is 18.2 Å². The smallest absolute Gasteiger partial charge is 0.258 e. The number of hydrogen-bond acceptors (Lipinski definition) is 4. The van der Waals surface area contributed by atoms with Gasteiger partial charge < -0.3 is 0 Å². The summed E-state index contributed by atoms with van der Waals surface area (Å²) < 4.78 is 38.4. The Morgan fingerprint density at radius 2 is 1.17 bits per heavy atom. The quantitative estimate of drug-likeness (QED) is 0.301. The van der Waals surface area contributed by atoms with Crippen LogP contribution in [0, 0.1) is 20.2 Å². The first-order valence-corrected chi connectivity index (χ1v) is 8.62. The number of nitro groups is 2. The first-order chi connectivity index (χ1) is 14.1. The van der Waals surface area contributed by atoms with Gasteiger partial charge in [-0.15, -0.1) is 0 Å². The van der Waals surface area contributed by atoms with E-state index in [0.29, 0.717) is 33.4 Å². The summed E-state index contributed by atoms with van der Waals surface area (Å²) in [5.74, 6) is 0. The third-order valence-corrected chi connectivity index (χ3v) is 4.85. The predicted octanol–water partition coefficient (Wildman–Crippen LogP) is 6.09. The van der Waals surface area contributed by atoms with Crippen molar-refractivity contribution in [1.29, 1.82) is 0 Å². The maximum atomic E-state index is 12.8. The maximum absolute atomic E-state index is 12.8. The third-order valence-electron chi connectivity index (χ3n) is 4.85. The molecule has 0 amide bonds. The lowest BCUT2D eigenvalue weighted by Gasteiger charge is -2.07. The minimum absolute atomic E-state index is 0.158. The van der Waals surface area contributed by atoms with Crippen LogP contribution in [0.5, 0.6) is 0 Å². The lowest BCUT2D eigenvalue weighted by molar-refractivity contribution is -0.385. The fraction of sp³-hybridized carbons (Fsp3) is 0.0476. The van der Waals surface area contributed by atoms with E-state index >= 15 is 0 Å². The lowest BCUT2D eigenvalue weighted by atomic mass is 10.00. The Bertz CT molecular complexity index is 1170. The topological polar surface area (TPSA) is 86.3 Å². The molecule has 3 aromatic rings. The Labute approximate surface area is 167 Å². The van der Waals surface area contributed by atoms with Crippen LogP contribution in [-0.2, 0) is 6.18 Å². The molecule has 0 saturated carbocycles. The summed E-state index contributed by atoms with van der Waals surface area (Å²) in [5.41, 5.74) is 2.06. The van der Waals surface area contributed by atoms with Gasteiger partial charge in [-0.3, -0.25) is 20.2 Å². The highest BCUT2D eigenvalue weighted by Gasteiger charge is 2.30. The molecule has 30 heavy (non-hydrogen) atoms. The van der Waals surface area contributed by atoms with Crippen molar-refractivity contribution < 1.29 is 23.0 Å². The molecule has 0 radical (unpaired) electrons. The number of alkyl halides is 3. The molecule has 0 heterocycles. The van der Waals surface area contributed by atoms with E-state index in [-0.39, 0.29) is 11.4 Å². The Morgan fingerprint density at radius 1 is 0.700 bits per heavy atom. The zero-order valence-electron chi connectivity index (χ0n) is 15.0. The van der Waals surface area contributed by atoms with E-state index in [0.717, 1.165) is 12.1 Å². The average molecular weight is 412 g/mol. The minimum atomic E-state index is -4.47. The van der Waals surface area contributed by atoms with Gasteiger partial charge in [0, 0.05) is 24.3 Å². The van der Waals surface area contributed by atoms with Crippen molar-refractivity contribution in [2.24, 2.45) is 0 Å². The van der Waals surface area contributed by atoms with Crippen molar-refractivity contribution in [2.75, 3.05) is 0 Å². The van der Waals surface area contributed by atoms with Crippen LogP contribution in [0.1, 0.15) is 22.3 Å². The number of non-ortho nitro benzene ring substituents is 2. The molecule has 0 unspecified atom stereocenters. The molecule has 0 aromatic heterocycles. The maximum Gasteiger partial charge on any atom is 0.416 e. The number of hydrogen-bond donors (Lipinski definition) is 0. The van der Waals surface area contributed by atoms with Crippen LogP contribution in [-0.4, -0.2) is 9.85 Å². The fourth-order valence-corrected chi connectivity index (χ4v) is 3.44. The van der Waals surface area contributed by atoms with Crippen molar-refractivity contribution in [3.63, 3.8) is 0 Å². The number of nitrogens with zero attached hydrogens (tertiary/aromatic N) is 2. The molecule has 0 spiro atoms. The van der Waals surface area contributed by atoms with Gasteiger partial charge >= 0.3 is 6.18 Å². The van der Waals surface area contributed by atoms with Crippen molar-refractivity contribution in [2.45, 2.75) is 6.18 Å². The summed E-state index contributed by atoms with van der Waals surface area (Å²) in [6, 6.07) is 12.9. The Balaban J connectivity index is 1.91. The second-order valence-corrected chi connectivity index (χ2v) is 6.65. The van der Waals surface area contributed by atoms with Gasteiger partial charge in [-0.1, -0.05) is 12.1 Å². The number of benzene rings is 3. The monoisotopic (exact) mass is 412 g/mol. The molecule has 0 bridgehead atoms.